The maximum Gasteiger partial charge on any atom is 0.328 e. The van der Waals surface area contributed by atoms with E-state index in [9.17, 15) is 14.4 Å². The van der Waals surface area contributed by atoms with Gasteiger partial charge in [0.2, 0.25) is 5.91 Å². The molecule has 7 nitrogen and oxygen atoms in total. The molecule has 0 aliphatic rings. The highest BCUT2D eigenvalue weighted by atomic mass is 32.2. The summed E-state index contributed by atoms with van der Waals surface area (Å²) in [7, 11) is 0. The van der Waals surface area contributed by atoms with Gasteiger partial charge in [0.05, 0.1) is 11.4 Å². The third-order valence-corrected chi connectivity index (χ3v) is 4.55. The summed E-state index contributed by atoms with van der Waals surface area (Å²) in [5.74, 6) is -0.956. The first-order chi connectivity index (χ1) is 10.3. The first-order valence-corrected chi connectivity index (χ1v) is 8.41. The Labute approximate surface area is 134 Å². The Bertz CT molecular complexity index is 766. The molecule has 0 aliphatic carbocycles. The van der Waals surface area contributed by atoms with E-state index in [2.05, 4.69) is 10.3 Å². The SMILES string of the molecule is CC(C)(NC(=O)CSCc1cc(=O)n2ccsc2n1)C(=O)O. The molecule has 0 atom stereocenters. The first kappa shape index (κ1) is 16.5. The maximum atomic E-state index is 11.8. The maximum absolute atomic E-state index is 11.8. The number of hydrogen-bond acceptors (Lipinski definition) is 6. The molecule has 0 aromatic carbocycles. The number of carboxylic acids is 1. The van der Waals surface area contributed by atoms with Gasteiger partial charge < -0.3 is 10.4 Å². The van der Waals surface area contributed by atoms with Gasteiger partial charge in [0.15, 0.2) is 4.96 Å². The predicted molar refractivity (Wildman–Crippen MR) is 85.4 cm³/mol. The molecule has 22 heavy (non-hydrogen) atoms. The fourth-order valence-corrected chi connectivity index (χ4v) is 3.10. The number of carbonyl (C=O) groups excluding carboxylic acids is 1. The van der Waals surface area contributed by atoms with Gasteiger partial charge in [-0.25, -0.2) is 9.78 Å². The zero-order chi connectivity index (χ0) is 16.3. The Balaban J connectivity index is 1.91. The largest absolute Gasteiger partial charge is 0.480 e. The van der Waals surface area contributed by atoms with Crippen LogP contribution < -0.4 is 10.9 Å². The molecule has 2 N–H and O–H groups in total. The number of aromatic nitrogens is 2. The lowest BCUT2D eigenvalue weighted by Crippen LogP contribution is -2.50. The number of thioether (sulfide) groups is 1. The van der Waals surface area contributed by atoms with Crippen LogP contribution in [0, 0.1) is 0 Å². The number of amides is 1. The standard InChI is InChI=1S/C13H15N3O4S2/c1-13(2,11(19)20)15-9(17)7-21-6-8-5-10(18)16-3-4-22-12(16)14-8/h3-5H,6-7H2,1-2H3,(H,15,17)(H,19,20). The second kappa shape index (κ2) is 6.49. The van der Waals surface area contributed by atoms with Crippen LogP contribution in [-0.2, 0) is 15.3 Å². The van der Waals surface area contributed by atoms with Crippen molar-refractivity contribution in [1.29, 1.82) is 0 Å². The van der Waals surface area contributed by atoms with E-state index in [0.717, 1.165) is 0 Å². The fourth-order valence-electron chi connectivity index (χ4n) is 1.65. The number of thiazole rings is 1. The zero-order valence-electron chi connectivity index (χ0n) is 12.0. The molecule has 9 heteroatoms. The minimum atomic E-state index is -1.30. The number of nitrogens with one attached hydrogen (secondary N) is 1. The summed E-state index contributed by atoms with van der Waals surface area (Å²) < 4.78 is 1.46. The number of nitrogens with zero attached hydrogens (tertiary/aromatic N) is 2. The molecular weight excluding hydrogens is 326 g/mol. The normalized spacial score (nSPS) is 11.5. The van der Waals surface area contributed by atoms with Gasteiger partial charge in [-0.2, -0.15) is 0 Å². The molecule has 0 bridgehead atoms. The van der Waals surface area contributed by atoms with Crippen molar-refractivity contribution in [3.05, 3.63) is 33.7 Å². The molecule has 2 rings (SSSR count). The molecule has 0 saturated heterocycles. The minimum absolute atomic E-state index is 0.0994. The lowest BCUT2D eigenvalue weighted by atomic mass is 10.1. The third-order valence-electron chi connectivity index (χ3n) is 2.83. The Morgan fingerprint density at radius 3 is 2.91 bits per heavy atom. The molecule has 2 heterocycles. The van der Waals surface area contributed by atoms with Crippen LogP contribution in [-0.4, -0.2) is 37.7 Å². The molecule has 118 valence electrons. The minimum Gasteiger partial charge on any atom is -0.480 e. The summed E-state index contributed by atoms with van der Waals surface area (Å²) in [6.07, 6.45) is 1.66. The molecule has 1 amide bonds. The van der Waals surface area contributed by atoms with Crippen LogP contribution in [0.2, 0.25) is 0 Å². The Morgan fingerprint density at radius 1 is 1.50 bits per heavy atom. The summed E-state index contributed by atoms with van der Waals surface area (Å²) in [5.41, 5.74) is -0.856. The van der Waals surface area contributed by atoms with E-state index in [-0.39, 0.29) is 17.2 Å². The van der Waals surface area contributed by atoms with Gasteiger partial charge in [-0.15, -0.1) is 23.1 Å². The first-order valence-electron chi connectivity index (χ1n) is 6.37. The monoisotopic (exact) mass is 341 g/mol. The van der Waals surface area contributed by atoms with Crippen LogP contribution in [0.1, 0.15) is 19.5 Å². The highest BCUT2D eigenvalue weighted by Crippen LogP contribution is 2.12. The van der Waals surface area contributed by atoms with Crippen LogP contribution in [0.15, 0.2) is 22.4 Å². The van der Waals surface area contributed by atoms with Crippen LogP contribution in [0.5, 0.6) is 0 Å². The fraction of sp³-hybridized carbons (Fsp3) is 0.385. The molecule has 0 saturated carbocycles. The van der Waals surface area contributed by atoms with E-state index < -0.39 is 11.5 Å². The smallest absolute Gasteiger partial charge is 0.328 e. The van der Waals surface area contributed by atoms with E-state index in [1.165, 1.54) is 47.4 Å². The summed E-state index contributed by atoms with van der Waals surface area (Å²) in [4.78, 5) is 39.4. The molecule has 0 aliphatic heterocycles. The number of carbonyl (C=O) groups is 2. The Morgan fingerprint density at radius 2 is 2.23 bits per heavy atom. The second-order valence-corrected chi connectivity index (χ2v) is 6.97. The number of fused-ring (bicyclic) bond motifs is 1. The average molecular weight is 341 g/mol. The lowest BCUT2D eigenvalue weighted by Gasteiger charge is -2.20. The van der Waals surface area contributed by atoms with Crippen molar-refractivity contribution < 1.29 is 14.7 Å². The highest BCUT2D eigenvalue weighted by molar-refractivity contribution is 7.99. The quantitative estimate of drug-likeness (QED) is 0.812. The van der Waals surface area contributed by atoms with E-state index >= 15 is 0 Å². The van der Waals surface area contributed by atoms with Crippen LogP contribution in [0.3, 0.4) is 0 Å². The van der Waals surface area contributed by atoms with Gasteiger partial charge in [0, 0.05) is 23.4 Å². The van der Waals surface area contributed by atoms with Gasteiger partial charge >= 0.3 is 5.97 Å². The second-order valence-electron chi connectivity index (χ2n) is 5.11. The third kappa shape index (κ3) is 3.86. The van der Waals surface area contributed by atoms with Crippen LogP contribution in [0.25, 0.3) is 4.96 Å². The summed E-state index contributed by atoms with van der Waals surface area (Å²) >= 11 is 2.64. The topological polar surface area (TPSA) is 101 Å². The van der Waals surface area contributed by atoms with Crippen molar-refractivity contribution in [3.63, 3.8) is 0 Å². The van der Waals surface area contributed by atoms with E-state index in [1.807, 2.05) is 0 Å². The number of aliphatic carboxylic acids is 1. The summed E-state index contributed by atoms with van der Waals surface area (Å²) in [5, 5.41) is 13.2. The van der Waals surface area contributed by atoms with Gasteiger partial charge in [-0.3, -0.25) is 14.0 Å². The van der Waals surface area contributed by atoms with Crippen molar-refractivity contribution in [1.82, 2.24) is 14.7 Å². The lowest BCUT2D eigenvalue weighted by molar-refractivity contribution is -0.145. The number of carboxylic acid groups (broad SMARTS) is 1. The Hall–Kier alpha value is -1.87. The molecule has 0 radical (unpaired) electrons. The molecule has 2 aromatic rings. The van der Waals surface area contributed by atoms with Crippen molar-refractivity contribution in [2.45, 2.75) is 25.1 Å². The number of rotatable bonds is 6. The predicted octanol–water partition coefficient (Wildman–Crippen LogP) is 0.969. The van der Waals surface area contributed by atoms with Crippen molar-refractivity contribution in [2.75, 3.05) is 5.75 Å². The summed E-state index contributed by atoms with van der Waals surface area (Å²) in [6.45, 7) is 2.84. The molecule has 0 spiro atoms. The van der Waals surface area contributed by atoms with Gasteiger partial charge in [-0.1, -0.05) is 0 Å². The van der Waals surface area contributed by atoms with E-state index in [0.29, 0.717) is 16.4 Å². The van der Waals surface area contributed by atoms with Crippen molar-refractivity contribution >= 4 is 39.9 Å². The molecule has 0 unspecified atom stereocenters. The van der Waals surface area contributed by atoms with E-state index in [4.69, 9.17) is 5.11 Å². The molecule has 0 fully saturated rings. The highest BCUT2D eigenvalue weighted by Gasteiger charge is 2.28. The van der Waals surface area contributed by atoms with Crippen molar-refractivity contribution in [3.8, 4) is 0 Å². The Kier molecular flexibility index (Phi) is 4.87. The van der Waals surface area contributed by atoms with Crippen LogP contribution >= 0.6 is 23.1 Å². The van der Waals surface area contributed by atoms with Gasteiger partial charge in [0.25, 0.3) is 5.56 Å². The van der Waals surface area contributed by atoms with Crippen LogP contribution in [0.4, 0.5) is 0 Å². The number of hydrogen-bond donors (Lipinski definition) is 2. The summed E-state index contributed by atoms with van der Waals surface area (Å²) in [6, 6.07) is 1.44. The molecule has 2 aromatic heterocycles. The van der Waals surface area contributed by atoms with Crippen molar-refractivity contribution in [2.24, 2.45) is 0 Å². The average Bonchev–Trinajstić information content (AvgIpc) is 2.86. The van der Waals surface area contributed by atoms with E-state index in [1.54, 1.807) is 11.6 Å². The molecular formula is C13H15N3O4S2. The zero-order valence-corrected chi connectivity index (χ0v) is 13.7. The van der Waals surface area contributed by atoms with Gasteiger partial charge in [-0.05, 0) is 13.8 Å². The van der Waals surface area contributed by atoms with Gasteiger partial charge in [0.1, 0.15) is 5.54 Å².